The molecule has 0 radical (unpaired) electrons. The highest BCUT2D eigenvalue weighted by Gasteiger charge is 2.00. The summed E-state index contributed by atoms with van der Waals surface area (Å²) < 4.78 is 3.14. The summed E-state index contributed by atoms with van der Waals surface area (Å²) in [5.74, 6) is 0. The van der Waals surface area contributed by atoms with Gasteiger partial charge in [-0.3, -0.25) is 0 Å². The highest BCUT2D eigenvalue weighted by Crippen LogP contribution is 2.16. The van der Waals surface area contributed by atoms with Gasteiger partial charge in [-0.2, -0.15) is 5.26 Å². The number of hydrogen-bond donors (Lipinski definition) is 0. The number of benzene rings is 1. The quantitative estimate of drug-likeness (QED) is 0.784. The number of nitrogens with zero attached hydrogens (tertiary/aromatic N) is 2. The van der Waals surface area contributed by atoms with Crippen LogP contribution in [0.15, 0.2) is 52.2 Å². The Kier molecular flexibility index (Phi) is 3.99. The number of nitriles is 1. The van der Waals surface area contributed by atoms with E-state index >= 15 is 0 Å². The summed E-state index contributed by atoms with van der Waals surface area (Å²) in [6.45, 7) is 0.741. The largest absolute Gasteiger partial charge is 0.335 e. The fourth-order valence-electron chi connectivity index (χ4n) is 1.59. The lowest BCUT2D eigenvalue weighted by Gasteiger charge is -2.03. The SMILES string of the molecule is N#Cc1cccn1C/C(I)=C/c1ccccc1. The first-order valence-corrected chi connectivity index (χ1v) is 6.34. The van der Waals surface area contributed by atoms with Crippen LogP contribution in [0.2, 0.25) is 0 Å². The van der Waals surface area contributed by atoms with Crippen LogP contribution >= 0.6 is 22.6 Å². The van der Waals surface area contributed by atoms with Crippen molar-refractivity contribution in [2.24, 2.45) is 0 Å². The average Bonchev–Trinajstić information content (AvgIpc) is 2.77. The first kappa shape index (κ1) is 11.9. The smallest absolute Gasteiger partial charge is 0.120 e. The molecule has 0 amide bonds. The zero-order valence-corrected chi connectivity index (χ0v) is 11.3. The van der Waals surface area contributed by atoms with Gasteiger partial charge in [0.1, 0.15) is 11.8 Å². The van der Waals surface area contributed by atoms with Gasteiger partial charge in [0.2, 0.25) is 0 Å². The van der Waals surface area contributed by atoms with Gasteiger partial charge in [-0.25, -0.2) is 0 Å². The van der Waals surface area contributed by atoms with Crippen LogP contribution in [0, 0.1) is 11.3 Å². The van der Waals surface area contributed by atoms with E-state index in [1.165, 1.54) is 9.14 Å². The summed E-state index contributed by atoms with van der Waals surface area (Å²) in [4.78, 5) is 0. The maximum atomic E-state index is 8.92. The number of halogens is 1. The van der Waals surface area contributed by atoms with E-state index in [9.17, 15) is 0 Å². The average molecular weight is 334 g/mol. The molecule has 0 aliphatic heterocycles. The molecule has 0 fully saturated rings. The van der Waals surface area contributed by atoms with Crippen LogP contribution in [0.25, 0.3) is 6.08 Å². The molecule has 2 rings (SSSR count). The second-order valence-corrected chi connectivity index (χ2v) is 5.02. The fraction of sp³-hybridized carbons (Fsp3) is 0.0714. The second kappa shape index (κ2) is 5.69. The number of hydrogen-bond acceptors (Lipinski definition) is 1. The molecular weight excluding hydrogens is 323 g/mol. The first-order valence-electron chi connectivity index (χ1n) is 5.26. The van der Waals surface area contributed by atoms with Crippen LogP contribution in [0.1, 0.15) is 11.3 Å². The zero-order valence-electron chi connectivity index (χ0n) is 9.18. The van der Waals surface area contributed by atoms with Crippen molar-refractivity contribution < 1.29 is 0 Å². The second-order valence-electron chi connectivity index (χ2n) is 3.64. The van der Waals surface area contributed by atoms with Crippen LogP contribution in [0.3, 0.4) is 0 Å². The molecule has 0 atom stereocenters. The van der Waals surface area contributed by atoms with Gasteiger partial charge in [0, 0.05) is 9.78 Å². The molecule has 1 heterocycles. The van der Waals surface area contributed by atoms with E-state index in [0.717, 1.165) is 6.54 Å². The van der Waals surface area contributed by atoms with Crippen LogP contribution < -0.4 is 0 Å². The van der Waals surface area contributed by atoms with E-state index in [-0.39, 0.29) is 0 Å². The van der Waals surface area contributed by atoms with Crippen LogP contribution in [0.4, 0.5) is 0 Å². The van der Waals surface area contributed by atoms with Gasteiger partial charge in [-0.15, -0.1) is 0 Å². The van der Waals surface area contributed by atoms with Crippen LogP contribution in [0.5, 0.6) is 0 Å². The molecule has 3 heteroatoms. The van der Waals surface area contributed by atoms with E-state index in [0.29, 0.717) is 5.69 Å². The van der Waals surface area contributed by atoms with E-state index in [1.807, 2.05) is 41.1 Å². The van der Waals surface area contributed by atoms with Crippen molar-refractivity contribution in [3.8, 4) is 6.07 Å². The molecule has 0 aliphatic rings. The molecule has 17 heavy (non-hydrogen) atoms. The molecule has 1 aromatic heterocycles. The third-order valence-electron chi connectivity index (χ3n) is 2.39. The Bertz CT molecular complexity index is 561. The van der Waals surface area contributed by atoms with E-state index in [4.69, 9.17) is 5.26 Å². The Morgan fingerprint density at radius 2 is 2.00 bits per heavy atom. The van der Waals surface area contributed by atoms with Crippen molar-refractivity contribution in [1.29, 1.82) is 5.26 Å². The zero-order chi connectivity index (χ0) is 12.1. The summed E-state index contributed by atoms with van der Waals surface area (Å²) in [6, 6.07) is 16.1. The van der Waals surface area contributed by atoms with E-state index in [2.05, 4.69) is 46.9 Å². The maximum Gasteiger partial charge on any atom is 0.120 e. The number of rotatable bonds is 3. The number of aromatic nitrogens is 1. The molecule has 0 aliphatic carbocycles. The highest BCUT2D eigenvalue weighted by atomic mass is 127. The highest BCUT2D eigenvalue weighted by molar-refractivity contribution is 14.1. The van der Waals surface area contributed by atoms with Gasteiger partial charge in [-0.05, 0) is 46.4 Å². The topological polar surface area (TPSA) is 28.7 Å². The third-order valence-corrected chi connectivity index (χ3v) is 3.04. The van der Waals surface area contributed by atoms with Gasteiger partial charge >= 0.3 is 0 Å². The van der Waals surface area contributed by atoms with Gasteiger partial charge < -0.3 is 4.57 Å². The number of allylic oxidation sites excluding steroid dienone is 1. The van der Waals surface area contributed by atoms with Crippen molar-refractivity contribution in [2.45, 2.75) is 6.54 Å². The summed E-state index contributed by atoms with van der Waals surface area (Å²) in [5.41, 5.74) is 1.88. The lowest BCUT2D eigenvalue weighted by atomic mass is 10.2. The minimum Gasteiger partial charge on any atom is -0.335 e. The first-order chi connectivity index (χ1) is 8.29. The van der Waals surface area contributed by atoms with Crippen LogP contribution in [-0.4, -0.2) is 4.57 Å². The predicted molar refractivity (Wildman–Crippen MR) is 77.6 cm³/mol. The summed E-state index contributed by atoms with van der Waals surface area (Å²) >= 11 is 2.31. The Morgan fingerprint density at radius 3 is 2.71 bits per heavy atom. The molecule has 2 aromatic rings. The normalized spacial score (nSPS) is 11.2. The molecule has 0 spiro atoms. The van der Waals surface area contributed by atoms with Crippen LogP contribution in [-0.2, 0) is 6.54 Å². The maximum absolute atomic E-state index is 8.92. The lowest BCUT2D eigenvalue weighted by Crippen LogP contribution is -1.98. The molecule has 0 bridgehead atoms. The molecule has 0 N–H and O–H groups in total. The predicted octanol–water partition coefficient (Wildman–Crippen LogP) is 3.84. The molecule has 84 valence electrons. The Labute approximate surface area is 114 Å². The summed E-state index contributed by atoms with van der Waals surface area (Å²) in [6.07, 6.45) is 4.05. The summed E-state index contributed by atoms with van der Waals surface area (Å²) in [7, 11) is 0. The Balaban J connectivity index is 2.15. The molecule has 0 saturated carbocycles. The van der Waals surface area contributed by atoms with Crippen molar-refractivity contribution in [1.82, 2.24) is 4.57 Å². The monoisotopic (exact) mass is 334 g/mol. The molecule has 1 aromatic carbocycles. The lowest BCUT2D eigenvalue weighted by molar-refractivity contribution is 0.815. The van der Waals surface area contributed by atoms with Gasteiger partial charge in [0.25, 0.3) is 0 Å². The molecular formula is C14H11IN2. The van der Waals surface area contributed by atoms with E-state index < -0.39 is 0 Å². The van der Waals surface area contributed by atoms with Crippen molar-refractivity contribution >= 4 is 28.7 Å². The minimum absolute atomic E-state index is 0.695. The van der Waals surface area contributed by atoms with Gasteiger partial charge in [0.15, 0.2) is 0 Å². The molecule has 2 nitrogen and oxygen atoms in total. The summed E-state index contributed by atoms with van der Waals surface area (Å²) in [5, 5.41) is 8.92. The molecule has 0 unspecified atom stereocenters. The van der Waals surface area contributed by atoms with Crippen molar-refractivity contribution in [2.75, 3.05) is 0 Å². The minimum atomic E-state index is 0.695. The standard InChI is InChI=1S/C14H11IN2/c15-13(9-12-5-2-1-3-6-12)11-17-8-4-7-14(17)10-16/h1-9H,11H2/b13-9-. The van der Waals surface area contributed by atoms with Crippen molar-refractivity contribution in [3.05, 3.63) is 63.5 Å². The Morgan fingerprint density at radius 1 is 1.24 bits per heavy atom. The van der Waals surface area contributed by atoms with Gasteiger partial charge in [0.05, 0.1) is 6.54 Å². The van der Waals surface area contributed by atoms with Gasteiger partial charge in [-0.1, -0.05) is 30.3 Å². The Hall–Kier alpha value is -1.54. The fourth-order valence-corrected chi connectivity index (χ4v) is 2.32. The van der Waals surface area contributed by atoms with E-state index in [1.54, 1.807) is 0 Å². The molecule has 0 saturated heterocycles. The third kappa shape index (κ3) is 3.21. The van der Waals surface area contributed by atoms with Crippen molar-refractivity contribution in [3.63, 3.8) is 0 Å².